The minimum Gasteiger partial charge on any atom is -0.207 e. The number of benzene rings is 2. The molecule has 2 aromatic carbocycles. The third kappa shape index (κ3) is 2.25. The Bertz CT molecular complexity index is 476. The average Bonchev–Trinajstić information content (AvgIpc) is 2.30. The van der Waals surface area contributed by atoms with E-state index in [1.165, 1.54) is 6.07 Å². The summed E-state index contributed by atoms with van der Waals surface area (Å²) in [6, 6.07) is 14.2. The maximum atomic E-state index is 13.6. The molecule has 0 aliphatic carbocycles. The predicted molar refractivity (Wildman–Crippen MR) is 65.0 cm³/mol. The van der Waals surface area contributed by atoms with Crippen LogP contribution in [0.1, 0.15) is 18.1 Å². The fourth-order valence-electron chi connectivity index (χ4n) is 1.62. The molecule has 81 valence electrons. The molecule has 0 unspecified atom stereocenters. The number of hydrogen-bond donors (Lipinski definition) is 0. The van der Waals surface area contributed by atoms with E-state index in [0.717, 1.165) is 11.5 Å². The Kier molecular flexibility index (Phi) is 3.25. The standard InChI is InChI=1S/C14H11ClF/c1-10(11-6-8-12(15)9-7-11)13-4-2-3-5-14(13)16/h2-9H,1H3. The van der Waals surface area contributed by atoms with E-state index in [4.69, 9.17) is 11.6 Å². The van der Waals surface area contributed by atoms with Crippen molar-refractivity contribution in [2.45, 2.75) is 6.92 Å². The van der Waals surface area contributed by atoms with Crippen LogP contribution in [0, 0.1) is 11.7 Å². The van der Waals surface area contributed by atoms with Crippen LogP contribution in [-0.4, -0.2) is 0 Å². The first-order valence-corrected chi connectivity index (χ1v) is 5.40. The molecule has 2 heteroatoms. The van der Waals surface area contributed by atoms with Gasteiger partial charge in [-0.2, -0.15) is 0 Å². The third-order valence-electron chi connectivity index (χ3n) is 2.56. The lowest BCUT2D eigenvalue weighted by Gasteiger charge is -2.12. The quantitative estimate of drug-likeness (QED) is 0.718. The van der Waals surface area contributed by atoms with Crippen LogP contribution in [0.4, 0.5) is 4.39 Å². The molecule has 0 heterocycles. The average molecular weight is 234 g/mol. The first-order valence-electron chi connectivity index (χ1n) is 5.03. The van der Waals surface area contributed by atoms with Gasteiger partial charge in [0.05, 0.1) is 0 Å². The maximum absolute atomic E-state index is 13.6. The lowest BCUT2D eigenvalue weighted by Crippen LogP contribution is -1.99. The van der Waals surface area contributed by atoms with E-state index in [0.29, 0.717) is 10.6 Å². The van der Waals surface area contributed by atoms with Gasteiger partial charge < -0.3 is 0 Å². The van der Waals surface area contributed by atoms with Crippen molar-refractivity contribution in [1.82, 2.24) is 0 Å². The van der Waals surface area contributed by atoms with Gasteiger partial charge in [0.15, 0.2) is 0 Å². The highest BCUT2D eigenvalue weighted by atomic mass is 35.5. The second-order valence-corrected chi connectivity index (χ2v) is 4.05. The molecule has 0 aromatic heterocycles. The Morgan fingerprint density at radius 1 is 1.00 bits per heavy atom. The van der Waals surface area contributed by atoms with Crippen molar-refractivity contribution in [1.29, 1.82) is 0 Å². The van der Waals surface area contributed by atoms with E-state index in [1.54, 1.807) is 24.3 Å². The molecular weight excluding hydrogens is 223 g/mol. The molecule has 0 nitrogen and oxygen atoms in total. The largest absolute Gasteiger partial charge is 0.207 e. The number of halogens is 2. The second kappa shape index (κ2) is 4.67. The van der Waals surface area contributed by atoms with Crippen LogP contribution in [0.25, 0.3) is 0 Å². The smallest absolute Gasteiger partial charge is 0.127 e. The highest BCUT2D eigenvalue weighted by molar-refractivity contribution is 6.30. The van der Waals surface area contributed by atoms with Gasteiger partial charge in [0.25, 0.3) is 0 Å². The normalized spacial score (nSPS) is 10.8. The molecule has 0 aliphatic rings. The first-order chi connectivity index (χ1) is 7.68. The Morgan fingerprint density at radius 2 is 1.62 bits per heavy atom. The summed E-state index contributed by atoms with van der Waals surface area (Å²) in [5.41, 5.74) is 1.61. The van der Waals surface area contributed by atoms with E-state index in [9.17, 15) is 4.39 Å². The van der Waals surface area contributed by atoms with Gasteiger partial charge in [-0.15, -0.1) is 0 Å². The Balaban J connectivity index is 2.35. The minimum absolute atomic E-state index is 0.199. The summed E-state index contributed by atoms with van der Waals surface area (Å²) >= 11 is 5.81. The molecule has 0 saturated carbocycles. The summed E-state index contributed by atoms with van der Waals surface area (Å²) in [7, 11) is 0. The summed E-state index contributed by atoms with van der Waals surface area (Å²) < 4.78 is 13.6. The highest BCUT2D eigenvalue weighted by Gasteiger charge is 2.12. The van der Waals surface area contributed by atoms with Gasteiger partial charge in [0, 0.05) is 10.9 Å². The van der Waals surface area contributed by atoms with Crippen LogP contribution in [0.2, 0.25) is 5.02 Å². The summed E-state index contributed by atoms with van der Waals surface area (Å²) in [6.45, 7) is 1.90. The van der Waals surface area contributed by atoms with Crippen LogP contribution in [-0.2, 0) is 0 Å². The fraction of sp³-hybridized carbons (Fsp3) is 0.0714. The summed E-state index contributed by atoms with van der Waals surface area (Å²) in [5.74, 6) is 0.713. The molecule has 0 aliphatic heterocycles. The van der Waals surface area contributed by atoms with E-state index in [2.05, 4.69) is 0 Å². The molecular formula is C14H11ClF. The number of hydrogen-bond acceptors (Lipinski definition) is 0. The molecule has 2 rings (SSSR count). The van der Waals surface area contributed by atoms with E-state index in [-0.39, 0.29) is 5.82 Å². The first kappa shape index (κ1) is 11.2. The van der Waals surface area contributed by atoms with Crippen molar-refractivity contribution in [2.24, 2.45) is 0 Å². The second-order valence-electron chi connectivity index (χ2n) is 3.61. The van der Waals surface area contributed by atoms with E-state index < -0.39 is 0 Å². The number of rotatable bonds is 2. The molecule has 1 radical (unpaired) electrons. The van der Waals surface area contributed by atoms with Gasteiger partial charge in [0.1, 0.15) is 5.82 Å². The third-order valence-corrected chi connectivity index (χ3v) is 2.81. The van der Waals surface area contributed by atoms with Gasteiger partial charge in [0.2, 0.25) is 0 Å². The maximum Gasteiger partial charge on any atom is 0.127 e. The van der Waals surface area contributed by atoms with Crippen molar-refractivity contribution in [3.8, 4) is 0 Å². The van der Waals surface area contributed by atoms with Crippen molar-refractivity contribution in [3.05, 3.63) is 76.4 Å². The molecule has 0 bridgehead atoms. The molecule has 0 atom stereocenters. The van der Waals surface area contributed by atoms with Crippen LogP contribution in [0.15, 0.2) is 48.5 Å². The zero-order valence-electron chi connectivity index (χ0n) is 8.87. The van der Waals surface area contributed by atoms with Crippen LogP contribution in [0.5, 0.6) is 0 Å². The van der Waals surface area contributed by atoms with Gasteiger partial charge in [-0.1, -0.05) is 48.9 Å². The molecule has 0 amide bonds. The van der Waals surface area contributed by atoms with Crippen molar-refractivity contribution >= 4 is 11.6 Å². The SMILES string of the molecule is C[C](c1ccc(Cl)cc1)c1ccccc1F. The van der Waals surface area contributed by atoms with Gasteiger partial charge in [-0.05, 0) is 29.3 Å². The molecule has 0 saturated heterocycles. The van der Waals surface area contributed by atoms with Gasteiger partial charge in [-0.25, -0.2) is 4.39 Å². The van der Waals surface area contributed by atoms with Crippen molar-refractivity contribution < 1.29 is 4.39 Å². The van der Waals surface area contributed by atoms with Crippen LogP contribution < -0.4 is 0 Å². The van der Waals surface area contributed by atoms with Crippen molar-refractivity contribution in [3.63, 3.8) is 0 Å². The lowest BCUT2D eigenvalue weighted by atomic mass is 9.93. The Hall–Kier alpha value is -1.34. The molecule has 2 aromatic rings. The monoisotopic (exact) mass is 233 g/mol. The summed E-state index contributed by atoms with van der Waals surface area (Å²) in [6.07, 6.45) is 0. The van der Waals surface area contributed by atoms with Crippen molar-refractivity contribution in [2.75, 3.05) is 0 Å². The minimum atomic E-state index is -0.199. The van der Waals surface area contributed by atoms with E-state index >= 15 is 0 Å². The topological polar surface area (TPSA) is 0 Å². The summed E-state index contributed by atoms with van der Waals surface area (Å²) in [4.78, 5) is 0. The fourth-order valence-corrected chi connectivity index (χ4v) is 1.75. The summed E-state index contributed by atoms with van der Waals surface area (Å²) in [5, 5.41) is 0.685. The van der Waals surface area contributed by atoms with Crippen LogP contribution >= 0.6 is 11.6 Å². The molecule has 0 spiro atoms. The molecule has 0 fully saturated rings. The Labute approximate surface area is 99.7 Å². The predicted octanol–water partition coefficient (Wildman–Crippen LogP) is 4.47. The molecule has 16 heavy (non-hydrogen) atoms. The lowest BCUT2D eigenvalue weighted by molar-refractivity contribution is 0.617. The van der Waals surface area contributed by atoms with E-state index in [1.807, 2.05) is 25.1 Å². The Morgan fingerprint density at radius 3 is 2.25 bits per heavy atom. The van der Waals surface area contributed by atoms with Gasteiger partial charge in [-0.3, -0.25) is 0 Å². The molecule has 0 N–H and O–H groups in total. The van der Waals surface area contributed by atoms with Gasteiger partial charge >= 0.3 is 0 Å². The van der Waals surface area contributed by atoms with Crippen LogP contribution in [0.3, 0.4) is 0 Å². The zero-order chi connectivity index (χ0) is 11.5. The zero-order valence-corrected chi connectivity index (χ0v) is 9.63. The highest BCUT2D eigenvalue weighted by Crippen LogP contribution is 2.25.